The van der Waals surface area contributed by atoms with Gasteiger partial charge >= 0.3 is 0 Å². The van der Waals surface area contributed by atoms with Gasteiger partial charge in [0.15, 0.2) is 0 Å². The zero-order valence-electron chi connectivity index (χ0n) is 43.6. The number of likely N-dealkylation sites (tertiary alicyclic amines) is 3. The lowest BCUT2D eigenvalue weighted by molar-refractivity contribution is -0.130. The Morgan fingerprint density at radius 1 is 0.569 bits per heavy atom. The summed E-state index contributed by atoms with van der Waals surface area (Å²) in [5, 5.41) is 8.77. The lowest BCUT2D eigenvalue weighted by Gasteiger charge is -2.36. The number of carbonyl (C=O) groups is 1. The molecule has 368 valence electrons. The molecular formula is C53H95N11O. The van der Waals surface area contributed by atoms with Crippen LogP contribution in [0.3, 0.4) is 0 Å². The number of anilines is 1. The molecule has 2 aromatic rings. The summed E-state index contributed by atoms with van der Waals surface area (Å²) >= 11 is 0. The predicted octanol–water partition coefficient (Wildman–Crippen LogP) is 6.15. The number of piperidine rings is 4. The smallest absolute Gasteiger partial charge is 0.219 e. The Bertz CT molecular complexity index is 1540. The van der Waals surface area contributed by atoms with Gasteiger partial charge in [-0.2, -0.15) is 5.26 Å². The van der Waals surface area contributed by atoms with Crippen LogP contribution in [0.15, 0.2) is 54.6 Å². The molecule has 0 bridgehead atoms. The maximum Gasteiger partial charge on any atom is 0.219 e. The van der Waals surface area contributed by atoms with Crippen LogP contribution >= 0.6 is 0 Å². The van der Waals surface area contributed by atoms with Crippen LogP contribution in [0.5, 0.6) is 0 Å². The van der Waals surface area contributed by atoms with Crippen molar-refractivity contribution in [2.24, 2.45) is 0 Å². The SMILES string of the molecule is CC(=O)N1CCC(N(C)C)CC1.CCN(C)C1CCN(Cc2ccccc2)CC1.CCN1CCN(C)CC1.CN(C)C1CCN(c2ccc(C#N)cc2)CC1.CN1CCC(N(C)C)CC1. The van der Waals surface area contributed by atoms with Gasteiger partial charge in [-0.15, -0.1) is 0 Å². The molecule has 0 aliphatic carbocycles. The Balaban J connectivity index is 0.000000221. The highest BCUT2D eigenvalue weighted by molar-refractivity contribution is 5.73. The molecule has 5 aliphatic heterocycles. The van der Waals surface area contributed by atoms with Gasteiger partial charge in [-0.25, -0.2) is 0 Å². The van der Waals surface area contributed by atoms with E-state index in [4.69, 9.17) is 5.26 Å². The first-order chi connectivity index (χ1) is 31.1. The van der Waals surface area contributed by atoms with E-state index in [-0.39, 0.29) is 5.91 Å². The monoisotopic (exact) mass is 902 g/mol. The topological polar surface area (TPSA) is 73.3 Å². The van der Waals surface area contributed by atoms with E-state index in [1.807, 2.05) is 17.0 Å². The van der Waals surface area contributed by atoms with Crippen molar-refractivity contribution in [3.8, 4) is 6.07 Å². The summed E-state index contributed by atoms with van der Waals surface area (Å²) in [4.78, 5) is 34.6. The average Bonchev–Trinajstić information content (AvgIpc) is 3.33. The second kappa shape index (κ2) is 31.0. The minimum Gasteiger partial charge on any atom is -0.371 e. The van der Waals surface area contributed by atoms with E-state index in [2.05, 4.69) is 170 Å². The van der Waals surface area contributed by atoms with Crippen molar-refractivity contribution in [2.45, 2.75) is 103 Å². The van der Waals surface area contributed by atoms with E-state index >= 15 is 0 Å². The number of carbonyl (C=O) groups excluding carboxylic acids is 1. The summed E-state index contributed by atoms with van der Waals surface area (Å²) < 4.78 is 0. The van der Waals surface area contributed by atoms with Crippen LogP contribution in [0, 0.1) is 11.3 Å². The Morgan fingerprint density at radius 3 is 1.45 bits per heavy atom. The first-order valence-corrected chi connectivity index (χ1v) is 25.2. The highest BCUT2D eigenvalue weighted by atomic mass is 16.2. The molecular weight excluding hydrogens is 807 g/mol. The Kier molecular flexibility index (Phi) is 26.8. The molecule has 65 heavy (non-hydrogen) atoms. The van der Waals surface area contributed by atoms with Gasteiger partial charge in [-0.05, 0) is 184 Å². The molecule has 7 rings (SSSR count). The molecule has 5 saturated heterocycles. The number of hydrogen-bond acceptors (Lipinski definition) is 11. The summed E-state index contributed by atoms with van der Waals surface area (Å²) in [6, 6.07) is 23.9. The van der Waals surface area contributed by atoms with Gasteiger partial charge in [0.05, 0.1) is 11.6 Å². The van der Waals surface area contributed by atoms with E-state index < -0.39 is 0 Å². The number of rotatable bonds is 9. The molecule has 1 amide bonds. The van der Waals surface area contributed by atoms with Crippen molar-refractivity contribution in [2.75, 3.05) is 160 Å². The summed E-state index contributed by atoms with van der Waals surface area (Å²) in [7, 11) is 19.5. The molecule has 0 unspecified atom stereocenters. The third kappa shape index (κ3) is 21.6. The van der Waals surface area contributed by atoms with Gasteiger partial charge < -0.3 is 44.1 Å². The lowest BCUT2D eigenvalue weighted by Crippen LogP contribution is -2.44. The highest BCUT2D eigenvalue weighted by Crippen LogP contribution is 2.22. The van der Waals surface area contributed by atoms with Crippen LogP contribution < -0.4 is 4.90 Å². The predicted molar refractivity (Wildman–Crippen MR) is 276 cm³/mol. The molecule has 5 aliphatic rings. The molecule has 0 atom stereocenters. The first kappa shape index (κ1) is 56.2. The quantitative estimate of drug-likeness (QED) is 0.292. The van der Waals surface area contributed by atoms with E-state index in [0.717, 1.165) is 63.2 Å². The molecule has 12 heteroatoms. The van der Waals surface area contributed by atoms with Crippen molar-refractivity contribution < 1.29 is 4.79 Å². The van der Waals surface area contributed by atoms with Crippen LogP contribution in [0.1, 0.15) is 83.3 Å². The van der Waals surface area contributed by atoms with E-state index in [0.29, 0.717) is 12.1 Å². The molecule has 0 radical (unpaired) electrons. The van der Waals surface area contributed by atoms with Crippen molar-refractivity contribution >= 4 is 11.6 Å². The van der Waals surface area contributed by atoms with Gasteiger partial charge in [0.2, 0.25) is 5.91 Å². The van der Waals surface area contributed by atoms with Gasteiger partial charge in [-0.1, -0.05) is 44.2 Å². The van der Waals surface area contributed by atoms with E-state index in [9.17, 15) is 4.79 Å². The third-order valence-electron chi connectivity index (χ3n) is 14.6. The molecule has 12 nitrogen and oxygen atoms in total. The summed E-state index contributed by atoms with van der Waals surface area (Å²) in [5.41, 5.74) is 3.41. The largest absolute Gasteiger partial charge is 0.371 e. The fourth-order valence-electron chi connectivity index (χ4n) is 9.38. The molecule has 5 heterocycles. The molecule has 0 saturated carbocycles. The zero-order valence-corrected chi connectivity index (χ0v) is 43.6. The molecule has 2 aromatic carbocycles. The van der Waals surface area contributed by atoms with Gasteiger partial charge in [0, 0.05) is 95.7 Å². The Morgan fingerprint density at radius 2 is 1.02 bits per heavy atom. The second-order valence-corrected chi connectivity index (χ2v) is 19.8. The van der Waals surface area contributed by atoms with Gasteiger partial charge in [0.25, 0.3) is 0 Å². The zero-order chi connectivity index (χ0) is 47.7. The Hall–Kier alpha value is -3.12. The van der Waals surface area contributed by atoms with E-state index in [1.165, 1.54) is 115 Å². The summed E-state index contributed by atoms with van der Waals surface area (Å²) in [5.74, 6) is 0.215. The molecule has 0 spiro atoms. The number of piperazine rings is 1. The molecule has 0 N–H and O–H groups in total. The summed E-state index contributed by atoms with van der Waals surface area (Å²) in [6.07, 6.45) is 9.97. The molecule has 5 fully saturated rings. The van der Waals surface area contributed by atoms with Gasteiger partial charge in [-0.3, -0.25) is 9.69 Å². The van der Waals surface area contributed by atoms with Crippen LogP contribution in [0.25, 0.3) is 0 Å². The van der Waals surface area contributed by atoms with Crippen molar-refractivity contribution in [1.29, 1.82) is 5.26 Å². The van der Waals surface area contributed by atoms with Crippen molar-refractivity contribution in [3.63, 3.8) is 0 Å². The fourth-order valence-corrected chi connectivity index (χ4v) is 9.38. The van der Waals surface area contributed by atoms with Crippen LogP contribution in [0.4, 0.5) is 5.69 Å². The van der Waals surface area contributed by atoms with Gasteiger partial charge in [0.1, 0.15) is 0 Å². The number of nitrogens with zero attached hydrogens (tertiary/aromatic N) is 11. The summed E-state index contributed by atoms with van der Waals surface area (Å²) in [6.45, 7) is 23.7. The Labute approximate surface area is 399 Å². The van der Waals surface area contributed by atoms with Crippen molar-refractivity contribution in [1.82, 2.24) is 44.1 Å². The molecule has 0 aromatic heterocycles. The maximum absolute atomic E-state index is 11.0. The minimum atomic E-state index is 0.215. The van der Waals surface area contributed by atoms with E-state index in [1.54, 1.807) is 6.92 Å². The number of benzene rings is 2. The van der Waals surface area contributed by atoms with Crippen LogP contribution in [-0.4, -0.2) is 229 Å². The number of nitriles is 1. The highest BCUT2D eigenvalue weighted by Gasteiger charge is 2.24. The lowest BCUT2D eigenvalue weighted by atomic mass is 10.0. The second-order valence-electron chi connectivity index (χ2n) is 19.8. The first-order valence-electron chi connectivity index (χ1n) is 25.2. The average molecular weight is 902 g/mol. The van der Waals surface area contributed by atoms with Crippen LogP contribution in [0.2, 0.25) is 0 Å². The number of likely N-dealkylation sites (N-methyl/N-ethyl adjacent to an activating group) is 2. The standard InChI is InChI=1S/C15H24N2.C14H19N3.C9H18N2O.C8H18N2.C7H16N2/c1-3-16(2)15-9-11-17(12-10-15)13-14-7-5-4-6-8-14;1-16(2)13-7-9-17(10-8-13)14-5-3-12(11-15)4-6-14;1-8(12)11-6-4-9(5-7-11)10(2)3;1-9(2)8-4-6-10(3)7-5-8;1-3-9-6-4-8(2)5-7-9/h4-8,15H,3,9-13H2,1-2H3;3-6,13H,7-10H2,1-2H3;9H,4-7H2,1-3H3;8H,4-7H2,1-3H3;3-7H2,1-2H3. The van der Waals surface area contributed by atoms with Crippen LogP contribution in [-0.2, 0) is 11.3 Å². The number of hydrogen-bond donors (Lipinski definition) is 0. The maximum atomic E-state index is 11.0. The fraction of sp³-hybridized carbons (Fsp3) is 0.736. The third-order valence-corrected chi connectivity index (χ3v) is 14.6. The number of amides is 1. The normalized spacial score (nSPS) is 20.2. The minimum absolute atomic E-state index is 0.215. The van der Waals surface area contributed by atoms with Crippen molar-refractivity contribution in [3.05, 3.63) is 65.7 Å².